The van der Waals surface area contributed by atoms with Crippen LogP contribution >= 0.6 is 0 Å². The van der Waals surface area contributed by atoms with E-state index in [1.165, 1.54) is 22.6 Å². The standard InChI is InChI=1S/C39H48N4O6Si/c1-26-35(20-13-28-11-14-30(15-12-28)43-37(46)23-38(43)48-27(2)45)49-36(39(26)50(4,5)32-18-16-31(47-3)17-19-32)21-22-42-24-34(40-41-42)33(25-44)29-9-7-6-8-10-29/h6-12,14-19,24,26,33,35-36,38-39,44H,13,20-23,25H2,1-5H3/t26-,33?,35+,36-,38?,39+/m1/s1. The fourth-order valence-electron chi connectivity index (χ4n) is 7.93. The normalized spacial score (nSPS) is 22.6. The molecule has 0 radical (unpaired) electrons. The molecule has 1 amide bonds. The number of ether oxygens (including phenoxy) is 3. The Morgan fingerprint density at radius 1 is 1.02 bits per heavy atom. The highest BCUT2D eigenvalue weighted by atomic mass is 28.3. The van der Waals surface area contributed by atoms with Crippen LogP contribution in [0.25, 0.3) is 0 Å². The number of amides is 1. The van der Waals surface area contributed by atoms with E-state index in [-0.39, 0.29) is 37.1 Å². The van der Waals surface area contributed by atoms with Gasteiger partial charge in [0.2, 0.25) is 5.91 Å². The van der Waals surface area contributed by atoms with Gasteiger partial charge in [0.05, 0.1) is 52.0 Å². The number of aromatic nitrogens is 3. The maximum absolute atomic E-state index is 12.3. The number of benzene rings is 3. The molecule has 50 heavy (non-hydrogen) atoms. The molecule has 0 aliphatic carbocycles. The number of β-lactam (4-membered cyclic amide) rings is 1. The first-order valence-electron chi connectivity index (χ1n) is 17.5. The van der Waals surface area contributed by atoms with E-state index in [1.54, 1.807) is 7.11 Å². The van der Waals surface area contributed by atoms with Crippen molar-refractivity contribution in [3.05, 3.63) is 102 Å². The van der Waals surface area contributed by atoms with Gasteiger partial charge >= 0.3 is 5.97 Å². The smallest absolute Gasteiger partial charge is 0.304 e. The Balaban J connectivity index is 1.16. The van der Waals surface area contributed by atoms with Gasteiger partial charge < -0.3 is 19.3 Å². The number of aryl methyl sites for hydroxylation is 2. The first kappa shape index (κ1) is 35.5. The van der Waals surface area contributed by atoms with Crippen LogP contribution in [0.15, 0.2) is 85.1 Å². The number of hydrogen-bond donors (Lipinski definition) is 1. The fourth-order valence-corrected chi connectivity index (χ4v) is 12.0. The summed E-state index contributed by atoms with van der Waals surface area (Å²) in [7, 11) is -0.339. The van der Waals surface area contributed by atoms with Gasteiger partial charge in [-0.3, -0.25) is 19.2 Å². The third-order valence-electron chi connectivity index (χ3n) is 10.7. The molecule has 1 aromatic heterocycles. The average Bonchev–Trinajstić information content (AvgIpc) is 3.71. The first-order chi connectivity index (χ1) is 24.1. The zero-order valence-corrected chi connectivity index (χ0v) is 30.6. The first-order valence-corrected chi connectivity index (χ1v) is 20.6. The molecular formula is C39H48N4O6Si. The van der Waals surface area contributed by atoms with Crippen molar-refractivity contribution < 1.29 is 28.9 Å². The number of carbonyl (C=O) groups excluding carboxylic acids is 2. The minimum Gasteiger partial charge on any atom is -0.497 e. The molecule has 2 aliphatic heterocycles. The number of aliphatic hydroxyl groups is 1. The molecule has 2 unspecified atom stereocenters. The van der Waals surface area contributed by atoms with Gasteiger partial charge in [0.25, 0.3) is 0 Å². The van der Waals surface area contributed by atoms with E-state index in [9.17, 15) is 14.7 Å². The largest absolute Gasteiger partial charge is 0.497 e. The van der Waals surface area contributed by atoms with Gasteiger partial charge in [-0.2, -0.15) is 0 Å². The summed E-state index contributed by atoms with van der Waals surface area (Å²) in [6.45, 7) is 9.24. The lowest BCUT2D eigenvalue weighted by molar-refractivity contribution is -0.153. The lowest BCUT2D eigenvalue weighted by Gasteiger charge is -2.39. The zero-order valence-electron chi connectivity index (χ0n) is 29.6. The summed E-state index contributed by atoms with van der Waals surface area (Å²) in [4.78, 5) is 25.3. The number of nitrogens with zero attached hydrogens (tertiary/aromatic N) is 4. The van der Waals surface area contributed by atoms with Crippen LogP contribution in [0.4, 0.5) is 5.69 Å². The molecule has 3 aromatic carbocycles. The van der Waals surface area contributed by atoms with Gasteiger partial charge in [0.15, 0.2) is 6.23 Å². The third kappa shape index (κ3) is 7.55. The summed E-state index contributed by atoms with van der Waals surface area (Å²) in [5.41, 5.74) is 4.05. The predicted molar refractivity (Wildman–Crippen MR) is 194 cm³/mol. The number of anilines is 1. The topological polar surface area (TPSA) is 116 Å². The molecule has 0 saturated carbocycles. The van der Waals surface area contributed by atoms with Crippen LogP contribution < -0.4 is 14.8 Å². The van der Waals surface area contributed by atoms with Crippen molar-refractivity contribution in [3.8, 4) is 5.75 Å². The molecule has 6 rings (SSSR count). The van der Waals surface area contributed by atoms with Crippen LogP contribution in [0.5, 0.6) is 5.75 Å². The van der Waals surface area contributed by atoms with Gasteiger partial charge in [-0.1, -0.05) is 85.0 Å². The molecular weight excluding hydrogens is 649 g/mol. The maximum Gasteiger partial charge on any atom is 0.304 e. The Labute approximate surface area is 295 Å². The monoisotopic (exact) mass is 696 g/mol. The van der Waals surface area contributed by atoms with E-state index in [0.29, 0.717) is 18.0 Å². The maximum atomic E-state index is 12.3. The highest BCUT2D eigenvalue weighted by molar-refractivity contribution is 6.91. The highest BCUT2D eigenvalue weighted by Gasteiger charge is 2.50. The average molecular weight is 697 g/mol. The van der Waals surface area contributed by atoms with Crippen molar-refractivity contribution in [2.24, 2.45) is 5.92 Å². The van der Waals surface area contributed by atoms with Crippen molar-refractivity contribution in [1.29, 1.82) is 0 Å². The van der Waals surface area contributed by atoms with Crippen LogP contribution in [0.2, 0.25) is 18.6 Å². The molecule has 4 aromatic rings. The summed E-state index contributed by atoms with van der Waals surface area (Å²) in [5, 5.41) is 20.4. The molecule has 3 heterocycles. The van der Waals surface area contributed by atoms with Gasteiger partial charge in [-0.05, 0) is 66.1 Å². The van der Waals surface area contributed by atoms with E-state index in [4.69, 9.17) is 14.2 Å². The molecule has 11 heteroatoms. The Morgan fingerprint density at radius 3 is 2.38 bits per heavy atom. The van der Waals surface area contributed by atoms with E-state index in [0.717, 1.165) is 42.0 Å². The fraction of sp³-hybridized carbons (Fsp3) is 0.436. The summed E-state index contributed by atoms with van der Waals surface area (Å²) in [5.74, 6) is 0.531. The Kier molecular flexibility index (Phi) is 10.9. The summed E-state index contributed by atoms with van der Waals surface area (Å²) < 4.78 is 19.6. The SMILES string of the molecule is COc1ccc([Si](C)(C)[C@H]2[C@H](C)[C@H](CCc3ccc(N4C(=O)CC4OC(C)=O)cc3)O[C@@H]2CCn2cc(C(CO)c3ccccc3)nn2)cc1. The third-order valence-corrected chi connectivity index (χ3v) is 15.0. The lowest BCUT2D eigenvalue weighted by atomic mass is 9.95. The minimum atomic E-state index is -2.03. The number of carbonyl (C=O) groups is 2. The molecule has 2 fully saturated rings. The highest BCUT2D eigenvalue weighted by Crippen LogP contribution is 2.46. The second-order valence-electron chi connectivity index (χ2n) is 14.1. The van der Waals surface area contributed by atoms with Crippen molar-refractivity contribution in [2.45, 2.75) is 89.1 Å². The minimum absolute atomic E-state index is 0.0364. The quantitative estimate of drug-likeness (QED) is 0.105. The van der Waals surface area contributed by atoms with Crippen LogP contribution in [0.1, 0.15) is 55.8 Å². The van der Waals surface area contributed by atoms with E-state index >= 15 is 0 Å². The molecule has 2 saturated heterocycles. The van der Waals surface area contributed by atoms with E-state index in [1.807, 2.05) is 65.5 Å². The Hall–Kier alpha value is -4.32. The molecule has 0 bridgehead atoms. The number of rotatable bonds is 14. The zero-order chi connectivity index (χ0) is 35.4. The lowest BCUT2D eigenvalue weighted by Crippen LogP contribution is -2.54. The molecule has 10 nitrogen and oxygen atoms in total. The van der Waals surface area contributed by atoms with Gasteiger partial charge in [0.1, 0.15) is 5.75 Å². The molecule has 1 N–H and O–H groups in total. The molecule has 2 aliphatic rings. The summed E-state index contributed by atoms with van der Waals surface area (Å²) in [6, 6.07) is 26.4. The van der Waals surface area contributed by atoms with Crippen molar-refractivity contribution in [2.75, 3.05) is 18.6 Å². The van der Waals surface area contributed by atoms with Crippen LogP contribution in [-0.4, -0.2) is 72.2 Å². The van der Waals surface area contributed by atoms with Gasteiger partial charge in [0, 0.05) is 25.4 Å². The Morgan fingerprint density at radius 2 is 1.74 bits per heavy atom. The number of aliphatic hydroxyl groups excluding tert-OH is 1. The molecule has 264 valence electrons. The van der Waals surface area contributed by atoms with E-state index < -0.39 is 20.3 Å². The van der Waals surface area contributed by atoms with Crippen molar-refractivity contribution in [3.63, 3.8) is 0 Å². The van der Waals surface area contributed by atoms with Crippen LogP contribution in [0, 0.1) is 5.92 Å². The van der Waals surface area contributed by atoms with Crippen LogP contribution in [-0.2, 0) is 32.0 Å². The van der Waals surface area contributed by atoms with Crippen molar-refractivity contribution >= 4 is 30.8 Å². The van der Waals surface area contributed by atoms with Gasteiger partial charge in [-0.25, -0.2) is 0 Å². The second-order valence-corrected chi connectivity index (χ2v) is 18.8. The van der Waals surface area contributed by atoms with E-state index in [2.05, 4.69) is 54.6 Å². The summed E-state index contributed by atoms with van der Waals surface area (Å²) in [6.07, 6.45) is 4.29. The Bertz CT molecular complexity index is 1750. The number of methoxy groups -OCH3 is 1. The molecule has 6 atom stereocenters. The second kappa shape index (κ2) is 15.3. The van der Waals surface area contributed by atoms with Crippen LogP contribution in [0.3, 0.4) is 0 Å². The molecule has 0 spiro atoms. The number of esters is 1. The van der Waals surface area contributed by atoms with Gasteiger partial charge in [-0.15, -0.1) is 5.10 Å². The number of hydrogen-bond acceptors (Lipinski definition) is 8. The predicted octanol–water partition coefficient (Wildman–Crippen LogP) is 5.45. The van der Waals surface area contributed by atoms with Crippen molar-refractivity contribution in [1.82, 2.24) is 15.0 Å². The summed E-state index contributed by atoms with van der Waals surface area (Å²) >= 11 is 0.